The Morgan fingerprint density at radius 3 is 2.62 bits per heavy atom. The van der Waals surface area contributed by atoms with E-state index < -0.39 is 0 Å². The van der Waals surface area contributed by atoms with Crippen molar-refractivity contribution in [3.8, 4) is 11.1 Å². The minimum absolute atomic E-state index is 1.09. The second-order valence-corrected chi connectivity index (χ2v) is 3.68. The van der Waals surface area contributed by atoms with Crippen molar-refractivity contribution in [3.05, 3.63) is 67.0 Å². The van der Waals surface area contributed by atoms with Gasteiger partial charge in [0.05, 0.1) is 0 Å². The van der Waals surface area contributed by atoms with E-state index >= 15 is 0 Å². The molecule has 0 aliphatic rings. The van der Waals surface area contributed by atoms with Gasteiger partial charge in [0.15, 0.2) is 0 Å². The molecule has 1 heterocycles. The van der Waals surface area contributed by atoms with E-state index in [0.29, 0.717) is 0 Å². The van der Waals surface area contributed by atoms with E-state index in [1.54, 1.807) is 0 Å². The van der Waals surface area contributed by atoms with Crippen LogP contribution in [0.15, 0.2) is 60.9 Å². The third-order valence-corrected chi connectivity index (χ3v) is 2.67. The minimum atomic E-state index is 1.09. The molecular formula is C15H10N. The summed E-state index contributed by atoms with van der Waals surface area (Å²) in [4.78, 5) is 4.27. The monoisotopic (exact) mass is 204 g/mol. The van der Waals surface area contributed by atoms with E-state index in [1.165, 1.54) is 5.39 Å². The first-order valence-electron chi connectivity index (χ1n) is 5.25. The molecule has 0 unspecified atom stereocenters. The number of rotatable bonds is 1. The van der Waals surface area contributed by atoms with E-state index in [9.17, 15) is 0 Å². The molecule has 0 N–H and O–H groups in total. The molecule has 3 rings (SSSR count). The smallest absolute Gasteiger partial charge is 0.0353 e. The van der Waals surface area contributed by atoms with Crippen molar-refractivity contribution in [1.82, 2.24) is 4.98 Å². The molecular weight excluding hydrogens is 194 g/mol. The lowest BCUT2D eigenvalue weighted by Crippen LogP contribution is -1.83. The first-order valence-corrected chi connectivity index (χ1v) is 5.25. The number of hydrogen-bond donors (Lipinski definition) is 0. The first kappa shape index (κ1) is 9.10. The molecule has 1 nitrogen and oxygen atoms in total. The number of aromatic nitrogens is 1. The fraction of sp³-hybridized carbons (Fsp3) is 0. The van der Waals surface area contributed by atoms with Crippen LogP contribution in [0.25, 0.3) is 21.9 Å². The van der Waals surface area contributed by atoms with Gasteiger partial charge in [0, 0.05) is 23.3 Å². The average Bonchev–Trinajstić information content (AvgIpc) is 2.39. The van der Waals surface area contributed by atoms with E-state index in [0.717, 1.165) is 16.5 Å². The fourth-order valence-electron chi connectivity index (χ4n) is 1.89. The first-order chi connectivity index (χ1) is 7.95. The molecule has 0 amide bonds. The largest absolute Gasteiger partial charge is 0.263 e. The Bertz CT molecular complexity index is 609. The topological polar surface area (TPSA) is 12.9 Å². The molecule has 1 heteroatoms. The molecule has 75 valence electrons. The second kappa shape index (κ2) is 3.78. The van der Waals surface area contributed by atoms with Crippen LogP contribution in [0.3, 0.4) is 0 Å². The number of fused-ring (bicyclic) bond motifs is 1. The van der Waals surface area contributed by atoms with Gasteiger partial charge < -0.3 is 0 Å². The molecule has 0 aliphatic carbocycles. The summed E-state index contributed by atoms with van der Waals surface area (Å²) in [6.07, 6.45) is 3.79. The third-order valence-electron chi connectivity index (χ3n) is 2.67. The number of hydrogen-bond acceptors (Lipinski definition) is 1. The molecule has 0 saturated heterocycles. The summed E-state index contributed by atoms with van der Waals surface area (Å²) in [7, 11) is 0. The standard InChI is InChI=1S/C15H10N/c1-2-6-12(7-3-1)15-11-16-10-13-8-4-5-9-14(13)15/h1-6,8-11H. The average molecular weight is 204 g/mol. The highest BCUT2D eigenvalue weighted by Crippen LogP contribution is 2.26. The zero-order chi connectivity index (χ0) is 10.8. The number of benzene rings is 2. The molecule has 0 bridgehead atoms. The lowest BCUT2D eigenvalue weighted by molar-refractivity contribution is 1.36. The molecule has 16 heavy (non-hydrogen) atoms. The molecule has 0 saturated carbocycles. The van der Waals surface area contributed by atoms with E-state index in [2.05, 4.69) is 35.3 Å². The van der Waals surface area contributed by atoms with Crippen LogP contribution in [0, 0.1) is 6.07 Å². The normalized spacial score (nSPS) is 10.5. The Balaban J connectivity index is 2.32. The van der Waals surface area contributed by atoms with Crippen LogP contribution in [-0.4, -0.2) is 4.98 Å². The molecule has 0 atom stereocenters. The quantitative estimate of drug-likeness (QED) is 0.589. The maximum atomic E-state index is 4.27. The van der Waals surface area contributed by atoms with Crippen LogP contribution >= 0.6 is 0 Å². The van der Waals surface area contributed by atoms with Crippen LogP contribution in [0.5, 0.6) is 0 Å². The van der Waals surface area contributed by atoms with Crippen LogP contribution in [0.1, 0.15) is 0 Å². The van der Waals surface area contributed by atoms with Crippen molar-refractivity contribution >= 4 is 10.8 Å². The molecule has 0 spiro atoms. The van der Waals surface area contributed by atoms with Gasteiger partial charge in [0.25, 0.3) is 0 Å². The van der Waals surface area contributed by atoms with Gasteiger partial charge in [0.1, 0.15) is 0 Å². The maximum Gasteiger partial charge on any atom is 0.0353 e. The molecule has 1 radical (unpaired) electrons. The Labute approximate surface area is 94.4 Å². The van der Waals surface area contributed by atoms with Crippen molar-refractivity contribution in [2.24, 2.45) is 0 Å². The van der Waals surface area contributed by atoms with Gasteiger partial charge in [-0.15, -0.1) is 0 Å². The van der Waals surface area contributed by atoms with Crippen molar-refractivity contribution in [2.75, 3.05) is 0 Å². The van der Waals surface area contributed by atoms with Crippen LogP contribution in [0.2, 0.25) is 0 Å². The van der Waals surface area contributed by atoms with Gasteiger partial charge in [-0.1, -0.05) is 48.5 Å². The predicted octanol–water partition coefficient (Wildman–Crippen LogP) is 3.70. The van der Waals surface area contributed by atoms with Gasteiger partial charge in [-0.25, -0.2) is 0 Å². The maximum absolute atomic E-state index is 4.27. The van der Waals surface area contributed by atoms with Crippen molar-refractivity contribution < 1.29 is 0 Å². The number of pyridine rings is 1. The SMILES string of the molecule is [c]1ccccc1-c1cncc2ccccc12. The Kier molecular flexibility index (Phi) is 2.15. The molecule has 3 aromatic rings. The van der Waals surface area contributed by atoms with Gasteiger partial charge in [-0.2, -0.15) is 0 Å². The Morgan fingerprint density at radius 1 is 0.875 bits per heavy atom. The Hall–Kier alpha value is -2.15. The molecule has 0 aliphatic heterocycles. The van der Waals surface area contributed by atoms with Crippen molar-refractivity contribution in [3.63, 3.8) is 0 Å². The Morgan fingerprint density at radius 2 is 1.75 bits per heavy atom. The fourth-order valence-corrected chi connectivity index (χ4v) is 1.89. The molecule has 2 aromatic carbocycles. The lowest BCUT2D eigenvalue weighted by Gasteiger charge is -2.05. The minimum Gasteiger partial charge on any atom is -0.263 e. The van der Waals surface area contributed by atoms with E-state index in [-0.39, 0.29) is 0 Å². The summed E-state index contributed by atoms with van der Waals surface area (Å²) in [6, 6.07) is 19.5. The summed E-state index contributed by atoms with van der Waals surface area (Å²) in [5.74, 6) is 0. The second-order valence-electron chi connectivity index (χ2n) is 3.68. The zero-order valence-corrected chi connectivity index (χ0v) is 8.72. The van der Waals surface area contributed by atoms with Gasteiger partial charge in [-0.05, 0) is 17.0 Å². The lowest BCUT2D eigenvalue weighted by atomic mass is 10.0. The van der Waals surface area contributed by atoms with Crippen LogP contribution in [-0.2, 0) is 0 Å². The highest BCUT2D eigenvalue weighted by Gasteiger charge is 2.02. The third kappa shape index (κ3) is 1.47. The van der Waals surface area contributed by atoms with Crippen LogP contribution in [0.4, 0.5) is 0 Å². The van der Waals surface area contributed by atoms with Crippen molar-refractivity contribution in [1.29, 1.82) is 0 Å². The van der Waals surface area contributed by atoms with E-state index in [1.807, 2.05) is 36.7 Å². The molecule has 1 aromatic heterocycles. The highest BCUT2D eigenvalue weighted by molar-refractivity contribution is 5.95. The van der Waals surface area contributed by atoms with E-state index in [4.69, 9.17) is 0 Å². The number of nitrogens with zero attached hydrogens (tertiary/aromatic N) is 1. The summed E-state index contributed by atoms with van der Waals surface area (Å²) in [6.45, 7) is 0. The predicted molar refractivity (Wildman–Crippen MR) is 66.0 cm³/mol. The highest BCUT2D eigenvalue weighted by atomic mass is 14.6. The van der Waals surface area contributed by atoms with Gasteiger partial charge in [0.2, 0.25) is 0 Å². The summed E-state index contributed by atoms with van der Waals surface area (Å²) < 4.78 is 0. The summed E-state index contributed by atoms with van der Waals surface area (Å²) in [5, 5.41) is 2.39. The molecule has 0 fully saturated rings. The van der Waals surface area contributed by atoms with Crippen LogP contribution < -0.4 is 0 Å². The van der Waals surface area contributed by atoms with Gasteiger partial charge in [-0.3, -0.25) is 4.98 Å². The zero-order valence-electron chi connectivity index (χ0n) is 8.72. The van der Waals surface area contributed by atoms with Gasteiger partial charge >= 0.3 is 0 Å². The summed E-state index contributed by atoms with van der Waals surface area (Å²) >= 11 is 0. The van der Waals surface area contributed by atoms with Crippen molar-refractivity contribution in [2.45, 2.75) is 0 Å². The summed E-state index contributed by atoms with van der Waals surface area (Å²) in [5.41, 5.74) is 2.23.